The fraction of sp³-hybridized carbons (Fsp3) is 0.526. The highest BCUT2D eigenvalue weighted by atomic mass is 16.2. The molecule has 1 amide bonds. The third kappa shape index (κ3) is 3.38. The van der Waals surface area contributed by atoms with E-state index in [-0.39, 0.29) is 17.5 Å². The molecule has 1 heterocycles. The van der Waals surface area contributed by atoms with Crippen LogP contribution in [0, 0.1) is 5.92 Å². The van der Waals surface area contributed by atoms with Gasteiger partial charge in [-0.25, -0.2) is 14.0 Å². The van der Waals surface area contributed by atoms with Crippen LogP contribution in [0.5, 0.6) is 0 Å². The average Bonchev–Trinajstić information content (AvgIpc) is 3.22. The van der Waals surface area contributed by atoms with E-state index in [1.54, 1.807) is 4.57 Å². The number of nitrogens with one attached hydrogen (secondary N) is 1. The Hall–Kier alpha value is -2.37. The number of rotatable bonds is 6. The second-order valence-electron chi connectivity index (χ2n) is 7.08. The summed E-state index contributed by atoms with van der Waals surface area (Å²) in [5.41, 5.74) is 0.735. The summed E-state index contributed by atoms with van der Waals surface area (Å²) in [6, 6.07) is 9.66. The third-order valence-corrected chi connectivity index (χ3v) is 5.17. The van der Waals surface area contributed by atoms with Crippen molar-refractivity contribution in [2.24, 2.45) is 5.92 Å². The zero-order valence-corrected chi connectivity index (χ0v) is 14.4. The van der Waals surface area contributed by atoms with E-state index in [1.807, 2.05) is 30.3 Å². The Kier molecular flexibility index (Phi) is 4.42. The Morgan fingerprint density at radius 3 is 2.52 bits per heavy atom. The van der Waals surface area contributed by atoms with Gasteiger partial charge in [-0.2, -0.15) is 5.10 Å². The van der Waals surface area contributed by atoms with Crippen molar-refractivity contribution in [2.45, 2.75) is 51.0 Å². The maximum Gasteiger partial charge on any atom is 0.350 e. The predicted molar refractivity (Wildman–Crippen MR) is 94.8 cm³/mol. The minimum absolute atomic E-state index is 0.121. The van der Waals surface area contributed by atoms with Crippen molar-refractivity contribution in [3.8, 4) is 5.69 Å². The maximum atomic E-state index is 12.8. The fourth-order valence-corrected chi connectivity index (χ4v) is 3.61. The van der Waals surface area contributed by atoms with Crippen LogP contribution in [0.25, 0.3) is 5.69 Å². The number of hydrogen-bond donors (Lipinski definition) is 1. The highest BCUT2D eigenvalue weighted by molar-refractivity contribution is 5.78. The number of para-hydroxylation sites is 1. The van der Waals surface area contributed by atoms with Crippen LogP contribution in [0.15, 0.2) is 35.1 Å². The van der Waals surface area contributed by atoms with Crippen molar-refractivity contribution in [3.63, 3.8) is 0 Å². The van der Waals surface area contributed by atoms with Crippen LogP contribution in [0.2, 0.25) is 0 Å². The summed E-state index contributed by atoms with van der Waals surface area (Å²) < 4.78 is 3.21. The van der Waals surface area contributed by atoms with Gasteiger partial charge in [0.1, 0.15) is 5.82 Å². The molecule has 2 saturated carbocycles. The van der Waals surface area contributed by atoms with E-state index in [4.69, 9.17) is 0 Å². The lowest BCUT2D eigenvalue weighted by molar-refractivity contribution is -0.124. The largest absolute Gasteiger partial charge is 0.354 e. The van der Waals surface area contributed by atoms with Crippen molar-refractivity contribution in [1.82, 2.24) is 19.7 Å². The fourth-order valence-electron chi connectivity index (χ4n) is 3.61. The lowest BCUT2D eigenvalue weighted by Crippen LogP contribution is -2.34. The molecular weight excluding hydrogens is 316 g/mol. The van der Waals surface area contributed by atoms with Gasteiger partial charge >= 0.3 is 5.69 Å². The van der Waals surface area contributed by atoms with E-state index in [9.17, 15) is 9.59 Å². The number of carbonyl (C=O) groups is 1. The molecule has 2 fully saturated rings. The number of amides is 1. The van der Waals surface area contributed by atoms with Crippen molar-refractivity contribution in [2.75, 3.05) is 6.54 Å². The number of nitrogens with zero attached hydrogens (tertiary/aromatic N) is 3. The maximum absolute atomic E-state index is 12.8. The molecule has 132 valence electrons. The molecular formula is C19H24N4O2. The van der Waals surface area contributed by atoms with Crippen LogP contribution >= 0.6 is 0 Å². The van der Waals surface area contributed by atoms with Gasteiger partial charge in [-0.05, 0) is 37.8 Å². The molecule has 1 aromatic carbocycles. The Bertz CT molecular complexity index is 799. The van der Waals surface area contributed by atoms with E-state index >= 15 is 0 Å². The molecule has 6 nitrogen and oxygen atoms in total. The summed E-state index contributed by atoms with van der Waals surface area (Å²) in [5, 5.41) is 7.52. The number of carbonyl (C=O) groups excluding carboxylic acids is 1. The molecule has 25 heavy (non-hydrogen) atoms. The first-order valence-electron chi connectivity index (χ1n) is 9.27. The molecule has 0 bridgehead atoms. The van der Waals surface area contributed by atoms with Gasteiger partial charge in [-0.15, -0.1) is 0 Å². The summed E-state index contributed by atoms with van der Waals surface area (Å²) in [5.74, 6) is 1.50. The smallest absolute Gasteiger partial charge is 0.350 e. The summed E-state index contributed by atoms with van der Waals surface area (Å²) in [6.07, 6.45) is 6.43. The van der Waals surface area contributed by atoms with Crippen molar-refractivity contribution < 1.29 is 4.79 Å². The second-order valence-corrected chi connectivity index (χ2v) is 7.08. The van der Waals surface area contributed by atoms with E-state index in [1.165, 1.54) is 4.68 Å². The van der Waals surface area contributed by atoms with Crippen molar-refractivity contribution in [3.05, 3.63) is 46.6 Å². The standard InChI is InChI=1S/C19H24N4O2/c24-18(15-6-4-5-7-15)20-12-13-22-19(25)23(16-8-2-1-3-9-16)17(21-22)14-10-11-14/h1-3,8-9,14-15H,4-7,10-13H2,(H,20,24). The molecule has 2 aliphatic rings. The summed E-state index contributed by atoms with van der Waals surface area (Å²) in [4.78, 5) is 24.9. The van der Waals surface area contributed by atoms with Gasteiger partial charge in [0.25, 0.3) is 0 Å². The number of hydrogen-bond acceptors (Lipinski definition) is 3. The molecule has 0 aliphatic heterocycles. The van der Waals surface area contributed by atoms with E-state index in [0.717, 1.165) is 50.0 Å². The molecule has 2 aromatic rings. The van der Waals surface area contributed by atoms with Crippen LogP contribution in [0.4, 0.5) is 0 Å². The molecule has 6 heteroatoms. The zero-order valence-electron chi connectivity index (χ0n) is 14.4. The predicted octanol–water partition coefficient (Wildman–Crippen LogP) is 2.22. The highest BCUT2D eigenvalue weighted by Crippen LogP contribution is 2.39. The zero-order chi connectivity index (χ0) is 17.2. The molecule has 0 atom stereocenters. The van der Waals surface area contributed by atoms with Crippen LogP contribution < -0.4 is 11.0 Å². The van der Waals surface area contributed by atoms with Crippen LogP contribution in [-0.4, -0.2) is 26.8 Å². The number of benzene rings is 1. The number of aromatic nitrogens is 3. The molecule has 0 saturated heterocycles. The minimum Gasteiger partial charge on any atom is -0.354 e. The lowest BCUT2D eigenvalue weighted by Gasteiger charge is -2.09. The second kappa shape index (κ2) is 6.86. The first-order chi connectivity index (χ1) is 12.2. The van der Waals surface area contributed by atoms with Crippen LogP contribution in [-0.2, 0) is 11.3 Å². The molecule has 1 aromatic heterocycles. The molecule has 0 unspecified atom stereocenters. The van der Waals surface area contributed by atoms with Gasteiger partial charge in [0.2, 0.25) is 5.91 Å². The van der Waals surface area contributed by atoms with Gasteiger partial charge in [0.05, 0.1) is 12.2 Å². The summed E-state index contributed by atoms with van der Waals surface area (Å²) in [6.45, 7) is 0.863. The van der Waals surface area contributed by atoms with Gasteiger partial charge in [0.15, 0.2) is 0 Å². The molecule has 2 aliphatic carbocycles. The monoisotopic (exact) mass is 340 g/mol. The third-order valence-electron chi connectivity index (χ3n) is 5.17. The Morgan fingerprint density at radius 2 is 1.84 bits per heavy atom. The van der Waals surface area contributed by atoms with E-state index < -0.39 is 0 Å². The Labute approximate surface area is 146 Å². The van der Waals surface area contributed by atoms with E-state index in [2.05, 4.69) is 10.4 Å². The van der Waals surface area contributed by atoms with Crippen LogP contribution in [0.1, 0.15) is 50.3 Å². The summed E-state index contributed by atoms with van der Waals surface area (Å²) in [7, 11) is 0. The first kappa shape index (κ1) is 16.1. The van der Waals surface area contributed by atoms with Gasteiger partial charge in [-0.3, -0.25) is 4.79 Å². The van der Waals surface area contributed by atoms with E-state index in [0.29, 0.717) is 19.0 Å². The SMILES string of the molecule is O=C(NCCn1nc(C2CC2)n(-c2ccccc2)c1=O)C1CCCC1. The van der Waals surface area contributed by atoms with Crippen molar-refractivity contribution in [1.29, 1.82) is 0 Å². The summed E-state index contributed by atoms with van der Waals surface area (Å²) >= 11 is 0. The highest BCUT2D eigenvalue weighted by Gasteiger charge is 2.31. The Balaban J connectivity index is 1.49. The normalized spacial score (nSPS) is 17.8. The average molecular weight is 340 g/mol. The molecule has 4 rings (SSSR count). The van der Waals surface area contributed by atoms with Crippen LogP contribution in [0.3, 0.4) is 0 Å². The topological polar surface area (TPSA) is 68.9 Å². The van der Waals surface area contributed by atoms with Gasteiger partial charge in [0, 0.05) is 18.4 Å². The van der Waals surface area contributed by atoms with Gasteiger partial charge < -0.3 is 5.32 Å². The van der Waals surface area contributed by atoms with Crippen molar-refractivity contribution >= 4 is 5.91 Å². The quantitative estimate of drug-likeness (QED) is 0.877. The Morgan fingerprint density at radius 1 is 1.12 bits per heavy atom. The molecule has 1 N–H and O–H groups in total. The molecule has 0 radical (unpaired) electrons. The van der Waals surface area contributed by atoms with Gasteiger partial charge in [-0.1, -0.05) is 31.0 Å². The first-order valence-corrected chi connectivity index (χ1v) is 9.27. The minimum atomic E-state index is -0.122. The lowest BCUT2D eigenvalue weighted by atomic mass is 10.1. The molecule has 0 spiro atoms.